The van der Waals surface area contributed by atoms with E-state index in [0.717, 1.165) is 18.5 Å². The second kappa shape index (κ2) is 8.39. The van der Waals surface area contributed by atoms with Crippen molar-refractivity contribution in [2.75, 3.05) is 20.2 Å². The van der Waals surface area contributed by atoms with Gasteiger partial charge in [-0.2, -0.15) is 15.2 Å². The molecule has 0 saturated heterocycles. The maximum Gasteiger partial charge on any atom is 0.278 e. The van der Waals surface area contributed by atoms with Gasteiger partial charge in [0.15, 0.2) is 11.5 Å². The largest absolute Gasteiger partial charge is 0.376 e. The van der Waals surface area contributed by atoms with E-state index in [9.17, 15) is 4.79 Å². The molecule has 160 valence electrons. The third-order valence-electron chi connectivity index (χ3n) is 5.21. The Balaban J connectivity index is 1.45. The number of carbonyl (C=O) groups excluding carboxylic acids is 1. The quantitative estimate of drug-likeness (QED) is 0.584. The van der Waals surface area contributed by atoms with E-state index >= 15 is 0 Å². The predicted molar refractivity (Wildman–Crippen MR) is 108 cm³/mol. The molecular weight excluding hydrogens is 386 g/mol. The number of aromatic nitrogens is 6. The molecule has 0 radical (unpaired) electrons. The number of likely N-dealkylation sites (N-methyl/N-ethyl adjacent to an activating group) is 1. The van der Waals surface area contributed by atoms with E-state index in [-0.39, 0.29) is 11.9 Å². The minimum Gasteiger partial charge on any atom is -0.376 e. The number of hydrogen-bond acceptors (Lipinski definition) is 7. The van der Waals surface area contributed by atoms with E-state index in [0.29, 0.717) is 49.3 Å². The first-order valence-corrected chi connectivity index (χ1v) is 10.3. The fraction of sp³-hybridized carbons (Fsp3) is 0.550. The second-order valence-corrected chi connectivity index (χ2v) is 7.66. The molecule has 0 unspecified atom stereocenters. The summed E-state index contributed by atoms with van der Waals surface area (Å²) in [7, 11) is 1.74. The normalized spacial score (nSPS) is 13.6. The van der Waals surface area contributed by atoms with Crippen LogP contribution in [0.5, 0.6) is 0 Å². The minimum atomic E-state index is -0.132. The van der Waals surface area contributed by atoms with Crippen molar-refractivity contribution in [2.24, 2.45) is 0 Å². The molecule has 0 aliphatic carbocycles. The number of amides is 1. The molecule has 4 rings (SSSR count). The molecule has 10 heteroatoms. The third kappa shape index (κ3) is 3.87. The number of ether oxygens (including phenoxy) is 1. The molecule has 1 aliphatic heterocycles. The molecule has 0 atom stereocenters. The summed E-state index contributed by atoms with van der Waals surface area (Å²) in [4.78, 5) is 18.6. The van der Waals surface area contributed by atoms with Crippen LogP contribution >= 0.6 is 0 Å². The molecule has 10 nitrogen and oxygen atoms in total. The molecule has 0 N–H and O–H groups in total. The topological polar surface area (TPSA) is 104 Å². The van der Waals surface area contributed by atoms with Gasteiger partial charge in [0.05, 0.1) is 13.2 Å². The van der Waals surface area contributed by atoms with Crippen LogP contribution in [0.25, 0.3) is 11.6 Å². The van der Waals surface area contributed by atoms with E-state index in [1.54, 1.807) is 28.9 Å². The standard InChI is InChI=1S/C20H27N7O3/c1-5-26-10-6-15(22-26)20(28)25(4)9-7-17-21-19(30-24-17)18-14-12-29-11-8-16(14)27(23-18)13(2)3/h6,10,13H,5,7-9,11-12H2,1-4H3. The van der Waals surface area contributed by atoms with Gasteiger partial charge in [-0.1, -0.05) is 5.16 Å². The van der Waals surface area contributed by atoms with Gasteiger partial charge in [0, 0.05) is 56.5 Å². The van der Waals surface area contributed by atoms with E-state index < -0.39 is 0 Å². The lowest BCUT2D eigenvalue weighted by Crippen LogP contribution is -2.29. The number of carbonyl (C=O) groups is 1. The molecule has 1 aliphatic rings. The van der Waals surface area contributed by atoms with Crippen LogP contribution in [0.1, 0.15) is 54.4 Å². The van der Waals surface area contributed by atoms with Crippen LogP contribution in [0, 0.1) is 0 Å². The molecule has 0 spiro atoms. The zero-order chi connectivity index (χ0) is 21.3. The summed E-state index contributed by atoms with van der Waals surface area (Å²) >= 11 is 0. The first-order chi connectivity index (χ1) is 14.5. The Kier molecular flexibility index (Phi) is 5.67. The minimum absolute atomic E-state index is 0.132. The highest BCUT2D eigenvalue weighted by Crippen LogP contribution is 2.29. The molecule has 30 heavy (non-hydrogen) atoms. The Morgan fingerprint density at radius 2 is 2.17 bits per heavy atom. The van der Waals surface area contributed by atoms with Gasteiger partial charge in [-0.3, -0.25) is 14.2 Å². The molecule has 3 aromatic rings. The first-order valence-electron chi connectivity index (χ1n) is 10.3. The van der Waals surface area contributed by atoms with Crippen LogP contribution in [-0.4, -0.2) is 60.7 Å². The van der Waals surface area contributed by atoms with Gasteiger partial charge < -0.3 is 14.2 Å². The van der Waals surface area contributed by atoms with Crippen molar-refractivity contribution >= 4 is 5.91 Å². The molecular formula is C20H27N7O3. The van der Waals surface area contributed by atoms with E-state index in [1.165, 1.54) is 5.69 Å². The molecule has 3 aromatic heterocycles. The van der Waals surface area contributed by atoms with Crippen LogP contribution in [0.2, 0.25) is 0 Å². The van der Waals surface area contributed by atoms with Crippen LogP contribution in [0.4, 0.5) is 0 Å². The van der Waals surface area contributed by atoms with Crippen molar-refractivity contribution in [3.8, 4) is 11.6 Å². The lowest BCUT2D eigenvalue weighted by molar-refractivity contribution is 0.0789. The number of aryl methyl sites for hydroxylation is 1. The maximum absolute atomic E-state index is 12.5. The summed E-state index contributed by atoms with van der Waals surface area (Å²) in [5, 5.41) is 13.1. The van der Waals surface area contributed by atoms with Gasteiger partial charge in [-0.25, -0.2) is 0 Å². The van der Waals surface area contributed by atoms with Crippen LogP contribution in [0.15, 0.2) is 16.8 Å². The summed E-state index contributed by atoms with van der Waals surface area (Å²) in [5.74, 6) is 0.794. The average Bonchev–Trinajstić information content (AvgIpc) is 3.49. The number of rotatable bonds is 7. The zero-order valence-corrected chi connectivity index (χ0v) is 17.8. The molecule has 1 amide bonds. The monoisotopic (exact) mass is 413 g/mol. The fourth-order valence-corrected chi connectivity index (χ4v) is 3.53. The average molecular weight is 413 g/mol. The first kappa shape index (κ1) is 20.3. The van der Waals surface area contributed by atoms with Gasteiger partial charge in [0.2, 0.25) is 0 Å². The number of fused-ring (bicyclic) bond motifs is 1. The fourth-order valence-electron chi connectivity index (χ4n) is 3.53. The second-order valence-electron chi connectivity index (χ2n) is 7.66. The molecule has 0 bridgehead atoms. The summed E-state index contributed by atoms with van der Waals surface area (Å²) in [6.07, 6.45) is 3.10. The van der Waals surface area contributed by atoms with Gasteiger partial charge in [-0.15, -0.1) is 0 Å². The summed E-state index contributed by atoms with van der Waals surface area (Å²) in [6, 6.07) is 1.97. The molecule has 4 heterocycles. The number of nitrogens with zero attached hydrogens (tertiary/aromatic N) is 7. The van der Waals surface area contributed by atoms with Crippen molar-refractivity contribution in [3.05, 3.63) is 35.0 Å². The van der Waals surface area contributed by atoms with Crippen molar-refractivity contribution in [3.63, 3.8) is 0 Å². The van der Waals surface area contributed by atoms with Gasteiger partial charge in [0.1, 0.15) is 5.69 Å². The SMILES string of the molecule is CCn1ccc(C(=O)N(C)CCc2noc(-c3nn(C(C)C)c4c3COCC4)n2)n1. The van der Waals surface area contributed by atoms with Gasteiger partial charge in [-0.05, 0) is 26.8 Å². The third-order valence-corrected chi connectivity index (χ3v) is 5.21. The van der Waals surface area contributed by atoms with Gasteiger partial charge >= 0.3 is 0 Å². The lowest BCUT2D eigenvalue weighted by Gasteiger charge is -2.16. The lowest BCUT2D eigenvalue weighted by atomic mass is 10.1. The van der Waals surface area contributed by atoms with Crippen molar-refractivity contribution < 1.29 is 14.1 Å². The summed E-state index contributed by atoms with van der Waals surface area (Å²) in [5.41, 5.74) is 3.30. The molecule has 0 aromatic carbocycles. The Morgan fingerprint density at radius 1 is 1.33 bits per heavy atom. The van der Waals surface area contributed by atoms with E-state index in [2.05, 4.69) is 29.1 Å². The van der Waals surface area contributed by atoms with Gasteiger partial charge in [0.25, 0.3) is 11.8 Å². The Hall–Kier alpha value is -3.01. The van der Waals surface area contributed by atoms with Crippen molar-refractivity contribution in [2.45, 2.75) is 52.8 Å². The van der Waals surface area contributed by atoms with Crippen molar-refractivity contribution in [1.82, 2.24) is 34.6 Å². The van der Waals surface area contributed by atoms with E-state index in [4.69, 9.17) is 14.4 Å². The van der Waals surface area contributed by atoms with Crippen LogP contribution < -0.4 is 0 Å². The highest BCUT2D eigenvalue weighted by Gasteiger charge is 2.26. The highest BCUT2D eigenvalue weighted by atomic mass is 16.5. The smallest absolute Gasteiger partial charge is 0.278 e. The Labute approximate surface area is 174 Å². The Morgan fingerprint density at radius 3 is 2.90 bits per heavy atom. The highest BCUT2D eigenvalue weighted by molar-refractivity contribution is 5.92. The molecule has 0 fully saturated rings. The summed E-state index contributed by atoms with van der Waals surface area (Å²) < 4.78 is 14.9. The number of hydrogen-bond donors (Lipinski definition) is 0. The van der Waals surface area contributed by atoms with E-state index in [1.807, 2.05) is 11.6 Å². The molecule has 0 saturated carbocycles. The van der Waals surface area contributed by atoms with Crippen LogP contribution in [0.3, 0.4) is 0 Å². The predicted octanol–water partition coefficient (Wildman–Crippen LogP) is 2.12. The maximum atomic E-state index is 12.5. The van der Waals surface area contributed by atoms with Crippen LogP contribution in [-0.2, 0) is 30.7 Å². The van der Waals surface area contributed by atoms with Crippen molar-refractivity contribution in [1.29, 1.82) is 0 Å². The Bertz CT molecular complexity index is 1030. The zero-order valence-electron chi connectivity index (χ0n) is 17.8. The summed E-state index contributed by atoms with van der Waals surface area (Å²) in [6.45, 7) is 8.55.